The number of anilines is 2. The van der Waals surface area contributed by atoms with Gasteiger partial charge in [0.05, 0.1) is 12.2 Å². The molecular weight excluding hydrogens is 421 g/mol. The van der Waals surface area contributed by atoms with Crippen LogP contribution in [0.1, 0.15) is 38.8 Å². The number of hydrogen-bond donors (Lipinski definition) is 2. The molecule has 0 radical (unpaired) electrons. The maximum atomic E-state index is 12.9. The monoisotopic (exact) mass is 442 g/mol. The minimum absolute atomic E-state index is 0.125. The van der Waals surface area contributed by atoms with E-state index in [0.717, 1.165) is 17.7 Å². The van der Waals surface area contributed by atoms with Crippen LogP contribution in [0, 0.1) is 6.92 Å². The molecule has 166 valence electrons. The highest BCUT2D eigenvalue weighted by molar-refractivity contribution is 6.06. The van der Waals surface area contributed by atoms with Crippen LogP contribution in [-0.2, 0) is 6.18 Å². The predicted molar refractivity (Wildman–Crippen MR) is 116 cm³/mol. The van der Waals surface area contributed by atoms with Crippen molar-refractivity contribution in [3.05, 3.63) is 89.0 Å². The molecule has 2 N–H and O–H groups in total. The summed E-state index contributed by atoms with van der Waals surface area (Å²) in [7, 11) is 0. The lowest BCUT2D eigenvalue weighted by molar-refractivity contribution is -0.137. The lowest BCUT2D eigenvalue weighted by Gasteiger charge is -2.13. The first-order chi connectivity index (χ1) is 15.2. The van der Waals surface area contributed by atoms with Gasteiger partial charge in [-0.15, -0.1) is 0 Å². The average molecular weight is 442 g/mol. The molecule has 0 heterocycles. The molecule has 0 spiro atoms. The zero-order chi connectivity index (χ0) is 23.3. The fourth-order valence-corrected chi connectivity index (χ4v) is 2.94. The molecule has 0 aromatic heterocycles. The molecule has 3 aromatic carbocycles. The summed E-state index contributed by atoms with van der Waals surface area (Å²) >= 11 is 0. The van der Waals surface area contributed by atoms with Gasteiger partial charge in [0.2, 0.25) is 0 Å². The van der Waals surface area contributed by atoms with Crippen LogP contribution in [0.5, 0.6) is 5.75 Å². The van der Waals surface area contributed by atoms with Gasteiger partial charge in [0, 0.05) is 22.5 Å². The van der Waals surface area contributed by atoms with Crippen molar-refractivity contribution in [1.82, 2.24) is 0 Å². The Kier molecular flexibility index (Phi) is 6.82. The van der Waals surface area contributed by atoms with Crippen molar-refractivity contribution in [2.75, 3.05) is 17.2 Å². The molecule has 0 aliphatic heterocycles. The Bertz CT molecular complexity index is 1130. The van der Waals surface area contributed by atoms with Crippen LogP contribution in [0.4, 0.5) is 24.5 Å². The van der Waals surface area contributed by atoms with Crippen molar-refractivity contribution in [1.29, 1.82) is 0 Å². The van der Waals surface area contributed by atoms with Crippen LogP contribution in [0.25, 0.3) is 0 Å². The maximum Gasteiger partial charge on any atom is 0.416 e. The molecule has 3 aromatic rings. The number of benzene rings is 3. The first-order valence-electron chi connectivity index (χ1n) is 9.81. The highest BCUT2D eigenvalue weighted by atomic mass is 19.4. The zero-order valence-corrected chi connectivity index (χ0v) is 17.4. The molecular formula is C24H21F3N2O3. The number of amides is 2. The highest BCUT2D eigenvalue weighted by Crippen LogP contribution is 2.30. The third-order valence-electron chi connectivity index (χ3n) is 4.62. The molecule has 32 heavy (non-hydrogen) atoms. The summed E-state index contributed by atoms with van der Waals surface area (Å²) in [6.45, 7) is 4.16. The van der Waals surface area contributed by atoms with Crippen LogP contribution in [0.2, 0.25) is 0 Å². The van der Waals surface area contributed by atoms with E-state index in [1.54, 1.807) is 49.4 Å². The molecule has 0 aliphatic carbocycles. The summed E-state index contributed by atoms with van der Waals surface area (Å²) < 4.78 is 44.1. The molecule has 3 rings (SSSR count). The van der Waals surface area contributed by atoms with Gasteiger partial charge in [0.1, 0.15) is 5.75 Å². The molecule has 0 aliphatic rings. The third-order valence-corrected chi connectivity index (χ3v) is 4.62. The third kappa shape index (κ3) is 5.66. The Morgan fingerprint density at radius 1 is 0.875 bits per heavy atom. The van der Waals surface area contributed by atoms with Crippen LogP contribution in [0.15, 0.2) is 66.7 Å². The van der Waals surface area contributed by atoms with E-state index in [1.807, 2.05) is 6.92 Å². The average Bonchev–Trinajstić information content (AvgIpc) is 2.76. The van der Waals surface area contributed by atoms with Gasteiger partial charge < -0.3 is 15.4 Å². The standard InChI is InChI=1S/C24H21F3N2O3/c1-3-32-20-11-8-16(9-12-20)22(30)29-21-14-19(10-7-15(21)2)28-23(31)17-5-4-6-18(13-17)24(25,26)27/h4-14H,3H2,1-2H3,(H,28,31)(H,29,30). The molecule has 2 amide bonds. The summed E-state index contributed by atoms with van der Waals surface area (Å²) in [6, 6.07) is 15.7. The fraction of sp³-hybridized carbons (Fsp3) is 0.167. The number of carbonyl (C=O) groups is 2. The minimum Gasteiger partial charge on any atom is -0.494 e. The van der Waals surface area contributed by atoms with Crippen molar-refractivity contribution in [3.8, 4) is 5.75 Å². The van der Waals surface area contributed by atoms with E-state index in [0.29, 0.717) is 29.3 Å². The van der Waals surface area contributed by atoms with Crippen LogP contribution in [0.3, 0.4) is 0 Å². The van der Waals surface area contributed by atoms with Gasteiger partial charge in [-0.25, -0.2) is 0 Å². The van der Waals surface area contributed by atoms with E-state index in [-0.39, 0.29) is 11.5 Å². The number of aryl methyl sites for hydroxylation is 1. The van der Waals surface area contributed by atoms with Crippen molar-refractivity contribution in [2.45, 2.75) is 20.0 Å². The number of rotatable bonds is 6. The smallest absolute Gasteiger partial charge is 0.416 e. The van der Waals surface area contributed by atoms with E-state index in [4.69, 9.17) is 4.74 Å². The highest BCUT2D eigenvalue weighted by Gasteiger charge is 2.30. The fourth-order valence-electron chi connectivity index (χ4n) is 2.94. The first-order valence-corrected chi connectivity index (χ1v) is 9.81. The van der Waals surface area contributed by atoms with Gasteiger partial charge in [-0.3, -0.25) is 9.59 Å². The second-order valence-corrected chi connectivity index (χ2v) is 6.97. The lowest BCUT2D eigenvalue weighted by atomic mass is 10.1. The lowest BCUT2D eigenvalue weighted by Crippen LogP contribution is -2.15. The number of hydrogen-bond acceptors (Lipinski definition) is 3. The normalized spacial score (nSPS) is 11.0. The van der Waals surface area contributed by atoms with Gasteiger partial charge in [-0.1, -0.05) is 12.1 Å². The zero-order valence-electron chi connectivity index (χ0n) is 17.4. The molecule has 0 unspecified atom stereocenters. The summed E-state index contributed by atoms with van der Waals surface area (Å²) in [6.07, 6.45) is -4.54. The topological polar surface area (TPSA) is 67.4 Å². The summed E-state index contributed by atoms with van der Waals surface area (Å²) in [4.78, 5) is 25.0. The van der Waals surface area contributed by atoms with E-state index in [9.17, 15) is 22.8 Å². The second-order valence-electron chi connectivity index (χ2n) is 6.97. The quantitative estimate of drug-likeness (QED) is 0.498. The molecule has 8 heteroatoms. The Hall–Kier alpha value is -3.81. The van der Waals surface area contributed by atoms with Crippen molar-refractivity contribution in [3.63, 3.8) is 0 Å². The van der Waals surface area contributed by atoms with E-state index in [1.165, 1.54) is 12.1 Å². The maximum absolute atomic E-state index is 12.9. The first kappa shape index (κ1) is 22.9. The number of nitrogens with one attached hydrogen (secondary N) is 2. The van der Waals surface area contributed by atoms with Crippen molar-refractivity contribution < 1.29 is 27.5 Å². The summed E-state index contributed by atoms with van der Waals surface area (Å²) in [5.74, 6) is -0.388. The Morgan fingerprint density at radius 2 is 1.56 bits per heavy atom. The molecule has 0 atom stereocenters. The van der Waals surface area contributed by atoms with E-state index < -0.39 is 17.6 Å². The van der Waals surface area contributed by atoms with Gasteiger partial charge >= 0.3 is 6.18 Å². The minimum atomic E-state index is -4.54. The Balaban J connectivity index is 1.74. The predicted octanol–water partition coefficient (Wildman–Crippen LogP) is 5.92. The van der Waals surface area contributed by atoms with Crippen molar-refractivity contribution in [2.24, 2.45) is 0 Å². The molecule has 5 nitrogen and oxygen atoms in total. The molecule has 0 fully saturated rings. The second kappa shape index (κ2) is 9.55. The number of alkyl halides is 3. The molecule has 0 saturated carbocycles. The van der Waals surface area contributed by atoms with Gasteiger partial charge in [0.15, 0.2) is 0 Å². The molecule has 0 bridgehead atoms. The van der Waals surface area contributed by atoms with Crippen LogP contribution >= 0.6 is 0 Å². The number of ether oxygens (including phenoxy) is 1. The largest absolute Gasteiger partial charge is 0.494 e. The van der Waals surface area contributed by atoms with Crippen molar-refractivity contribution >= 4 is 23.2 Å². The van der Waals surface area contributed by atoms with E-state index in [2.05, 4.69) is 10.6 Å². The summed E-state index contributed by atoms with van der Waals surface area (Å²) in [5, 5.41) is 5.35. The van der Waals surface area contributed by atoms with Gasteiger partial charge in [-0.2, -0.15) is 13.2 Å². The Morgan fingerprint density at radius 3 is 2.22 bits per heavy atom. The van der Waals surface area contributed by atoms with Gasteiger partial charge in [-0.05, 0) is 74.0 Å². The van der Waals surface area contributed by atoms with E-state index >= 15 is 0 Å². The molecule has 0 saturated heterocycles. The number of halogens is 3. The van der Waals surface area contributed by atoms with Crippen LogP contribution < -0.4 is 15.4 Å². The Labute approximate surface area is 183 Å². The van der Waals surface area contributed by atoms with Crippen LogP contribution in [-0.4, -0.2) is 18.4 Å². The SMILES string of the molecule is CCOc1ccc(C(=O)Nc2cc(NC(=O)c3cccc(C(F)(F)F)c3)ccc2C)cc1. The number of carbonyl (C=O) groups excluding carboxylic acids is 2. The summed E-state index contributed by atoms with van der Waals surface area (Å²) in [5.41, 5.74) is 0.941. The van der Waals surface area contributed by atoms with Gasteiger partial charge in [0.25, 0.3) is 11.8 Å².